The van der Waals surface area contributed by atoms with Gasteiger partial charge in [0.15, 0.2) is 5.15 Å². The van der Waals surface area contributed by atoms with E-state index in [1.807, 2.05) is 0 Å². The van der Waals surface area contributed by atoms with Gasteiger partial charge in [-0.1, -0.05) is 11.6 Å². The highest BCUT2D eigenvalue weighted by Crippen LogP contribution is 2.14. The molecule has 102 valence electrons. The molecule has 0 aliphatic rings. The summed E-state index contributed by atoms with van der Waals surface area (Å²) in [5.74, 6) is 0.0542. The zero-order valence-electron chi connectivity index (χ0n) is 10.5. The van der Waals surface area contributed by atoms with E-state index in [2.05, 4.69) is 4.98 Å². The summed E-state index contributed by atoms with van der Waals surface area (Å²) in [4.78, 5) is 15.7. The van der Waals surface area contributed by atoms with Crippen molar-refractivity contribution in [1.82, 2.24) is 9.55 Å². The Morgan fingerprint density at radius 1 is 1.33 bits per heavy atom. The number of methoxy groups -OCH3 is 2. The molecule has 0 fully saturated rings. The van der Waals surface area contributed by atoms with Gasteiger partial charge in [-0.05, 0) is 6.42 Å². The molecular weight excluding hydrogens is 260 g/mol. The Morgan fingerprint density at radius 2 is 2.11 bits per heavy atom. The van der Waals surface area contributed by atoms with Crippen LogP contribution in [0.4, 0.5) is 0 Å². The Hall–Kier alpha value is -1.11. The third-order valence-corrected chi connectivity index (χ3v) is 2.54. The van der Waals surface area contributed by atoms with Crippen molar-refractivity contribution in [3.63, 3.8) is 0 Å². The standard InChI is InChI=1S/C11H17ClN2O4/c1-16-5-3-6-18-7-4-14-8-13-10(12)9(17-2)11(14)15/h8H,3-7H2,1-2H3. The van der Waals surface area contributed by atoms with Crippen molar-refractivity contribution in [2.24, 2.45) is 0 Å². The van der Waals surface area contributed by atoms with Crippen LogP contribution in [0.2, 0.25) is 5.15 Å². The summed E-state index contributed by atoms with van der Waals surface area (Å²) in [6.45, 7) is 2.10. The average molecular weight is 277 g/mol. The monoisotopic (exact) mass is 276 g/mol. The van der Waals surface area contributed by atoms with Crippen molar-refractivity contribution in [2.75, 3.05) is 34.0 Å². The first-order chi connectivity index (χ1) is 8.70. The summed E-state index contributed by atoms with van der Waals surface area (Å²) in [5, 5.41) is 0.0692. The Bertz CT molecular complexity index is 422. The lowest BCUT2D eigenvalue weighted by atomic mass is 10.5. The topological polar surface area (TPSA) is 62.6 Å². The molecule has 0 unspecified atom stereocenters. The van der Waals surface area contributed by atoms with Crippen LogP contribution in [0.15, 0.2) is 11.1 Å². The molecule has 0 saturated heterocycles. The van der Waals surface area contributed by atoms with Gasteiger partial charge in [-0.25, -0.2) is 4.98 Å². The normalized spacial score (nSPS) is 10.6. The molecule has 6 nitrogen and oxygen atoms in total. The summed E-state index contributed by atoms with van der Waals surface area (Å²) in [7, 11) is 3.03. The van der Waals surface area contributed by atoms with Gasteiger partial charge >= 0.3 is 0 Å². The summed E-state index contributed by atoms with van der Waals surface area (Å²) >= 11 is 5.73. The Morgan fingerprint density at radius 3 is 2.78 bits per heavy atom. The predicted molar refractivity (Wildman–Crippen MR) is 67.4 cm³/mol. The molecule has 1 rings (SSSR count). The van der Waals surface area contributed by atoms with E-state index < -0.39 is 0 Å². The van der Waals surface area contributed by atoms with Gasteiger partial charge < -0.3 is 14.2 Å². The van der Waals surface area contributed by atoms with Gasteiger partial charge in [-0.2, -0.15) is 0 Å². The molecular formula is C11H17ClN2O4. The Labute approximate surface area is 110 Å². The number of hydrogen-bond donors (Lipinski definition) is 0. The fourth-order valence-corrected chi connectivity index (χ4v) is 1.55. The molecule has 1 aromatic rings. The van der Waals surface area contributed by atoms with Crippen molar-refractivity contribution < 1.29 is 14.2 Å². The summed E-state index contributed by atoms with van der Waals surface area (Å²) in [6.07, 6.45) is 2.21. The second-order valence-corrected chi connectivity index (χ2v) is 3.88. The quantitative estimate of drug-likeness (QED) is 0.523. The van der Waals surface area contributed by atoms with Crippen LogP contribution in [0.1, 0.15) is 6.42 Å². The first-order valence-corrected chi connectivity index (χ1v) is 5.94. The first-order valence-electron chi connectivity index (χ1n) is 5.56. The maximum absolute atomic E-state index is 11.8. The van der Waals surface area contributed by atoms with Crippen molar-refractivity contribution >= 4 is 11.6 Å². The van der Waals surface area contributed by atoms with E-state index >= 15 is 0 Å². The number of aromatic nitrogens is 2. The highest BCUT2D eigenvalue weighted by Gasteiger charge is 2.09. The van der Waals surface area contributed by atoms with Crippen molar-refractivity contribution in [1.29, 1.82) is 0 Å². The Kier molecular flexibility index (Phi) is 6.70. The minimum absolute atomic E-state index is 0.0542. The molecule has 7 heteroatoms. The van der Waals surface area contributed by atoms with E-state index in [4.69, 9.17) is 25.8 Å². The number of nitrogens with zero attached hydrogens (tertiary/aromatic N) is 2. The number of halogens is 1. The van der Waals surface area contributed by atoms with Gasteiger partial charge in [-0.3, -0.25) is 9.36 Å². The lowest BCUT2D eigenvalue weighted by molar-refractivity contribution is 0.0969. The molecule has 0 radical (unpaired) electrons. The maximum Gasteiger partial charge on any atom is 0.297 e. The minimum Gasteiger partial charge on any atom is -0.489 e. The smallest absolute Gasteiger partial charge is 0.297 e. The second-order valence-electron chi connectivity index (χ2n) is 3.53. The molecule has 0 N–H and O–H groups in total. The molecule has 0 aliphatic carbocycles. The van der Waals surface area contributed by atoms with Gasteiger partial charge in [0.25, 0.3) is 5.56 Å². The van der Waals surface area contributed by atoms with Crippen molar-refractivity contribution in [3.05, 3.63) is 21.8 Å². The molecule has 0 atom stereocenters. The van der Waals surface area contributed by atoms with E-state index in [9.17, 15) is 4.79 Å². The zero-order chi connectivity index (χ0) is 13.4. The molecule has 0 saturated carbocycles. The molecule has 0 bridgehead atoms. The number of rotatable bonds is 8. The van der Waals surface area contributed by atoms with Gasteiger partial charge in [0.2, 0.25) is 5.75 Å². The summed E-state index contributed by atoms with van der Waals surface area (Å²) in [5.41, 5.74) is -0.307. The first kappa shape index (κ1) is 14.9. The lowest BCUT2D eigenvalue weighted by Gasteiger charge is -2.08. The molecule has 18 heavy (non-hydrogen) atoms. The van der Waals surface area contributed by atoms with Crippen LogP contribution in [-0.2, 0) is 16.0 Å². The van der Waals surface area contributed by atoms with Crippen LogP contribution < -0.4 is 10.3 Å². The van der Waals surface area contributed by atoms with Gasteiger partial charge in [-0.15, -0.1) is 0 Å². The molecule has 0 aliphatic heterocycles. The molecule has 1 heterocycles. The van der Waals surface area contributed by atoms with Crippen LogP contribution in [0.25, 0.3) is 0 Å². The second kappa shape index (κ2) is 8.07. The largest absolute Gasteiger partial charge is 0.489 e. The Balaban J connectivity index is 2.46. The fourth-order valence-electron chi connectivity index (χ4n) is 1.35. The van der Waals surface area contributed by atoms with Crippen LogP contribution >= 0.6 is 11.6 Å². The third kappa shape index (κ3) is 4.29. The van der Waals surface area contributed by atoms with Crippen molar-refractivity contribution in [3.8, 4) is 5.75 Å². The molecule has 0 spiro atoms. The SMILES string of the molecule is COCCCOCCn1cnc(Cl)c(OC)c1=O. The highest BCUT2D eigenvalue weighted by atomic mass is 35.5. The van der Waals surface area contributed by atoms with Gasteiger partial charge in [0.1, 0.15) is 0 Å². The third-order valence-electron chi connectivity index (χ3n) is 2.27. The van der Waals surface area contributed by atoms with E-state index in [1.165, 1.54) is 18.0 Å². The maximum atomic E-state index is 11.8. The van der Waals surface area contributed by atoms with E-state index in [1.54, 1.807) is 7.11 Å². The summed E-state index contributed by atoms with van der Waals surface area (Å²) < 4.78 is 16.5. The van der Waals surface area contributed by atoms with Gasteiger partial charge in [0, 0.05) is 20.3 Å². The van der Waals surface area contributed by atoms with Crippen molar-refractivity contribution in [2.45, 2.75) is 13.0 Å². The molecule has 0 aromatic carbocycles. The lowest BCUT2D eigenvalue weighted by Crippen LogP contribution is -2.24. The van der Waals surface area contributed by atoms with Crippen LogP contribution in [0.5, 0.6) is 5.75 Å². The van der Waals surface area contributed by atoms with E-state index in [0.717, 1.165) is 6.42 Å². The van der Waals surface area contributed by atoms with Crippen LogP contribution in [-0.4, -0.2) is 43.6 Å². The van der Waals surface area contributed by atoms with E-state index in [0.29, 0.717) is 26.4 Å². The summed E-state index contributed by atoms with van der Waals surface area (Å²) in [6, 6.07) is 0. The number of hydrogen-bond acceptors (Lipinski definition) is 5. The fraction of sp³-hybridized carbons (Fsp3) is 0.636. The van der Waals surface area contributed by atoms with Crippen LogP contribution in [0.3, 0.4) is 0 Å². The zero-order valence-corrected chi connectivity index (χ0v) is 11.3. The predicted octanol–water partition coefficient (Wildman–Crippen LogP) is 0.958. The molecule has 1 aromatic heterocycles. The van der Waals surface area contributed by atoms with Gasteiger partial charge in [0.05, 0.1) is 26.6 Å². The number of ether oxygens (including phenoxy) is 3. The highest BCUT2D eigenvalue weighted by molar-refractivity contribution is 6.30. The molecule has 0 amide bonds. The van der Waals surface area contributed by atoms with Crippen LogP contribution in [0, 0.1) is 0 Å². The minimum atomic E-state index is -0.307. The van der Waals surface area contributed by atoms with E-state index in [-0.39, 0.29) is 16.5 Å². The average Bonchev–Trinajstić information content (AvgIpc) is 2.36.